The molecule has 3 aromatic rings. The number of para-hydroxylation sites is 1. The van der Waals surface area contributed by atoms with Crippen molar-refractivity contribution in [3.63, 3.8) is 0 Å². The van der Waals surface area contributed by atoms with Crippen LogP contribution in [0.5, 0.6) is 0 Å². The first-order chi connectivity index (χ1) is 10.1. The van der Waals surface area contributed by atoms with Crippen molar-refractivity contribution in [3.8, 4) is 0 Å². The van der Waals surface area contributed by atoms with Gasteiger partial charge < -0.3 is 15.3 Å². The Labute approximate surface area is 124 Å². The van der Waals surface area contributed by atoms with E-state index in [9.17, 15) is 0 Å². The molecule has 1 aromatic carbocycles. The van der Waals surface area contributed by atoms with E-state index in [1.54, 1.807) is 0 Å². The number of nitrogens with two attached hydrogens (primary N) is 1. The van der Waals surface area contributed by atoms with Crippen LogP contribution >= 0.6 is 0 Å². The Morgan fingerprint density at radius 3 is 2.76 bits per heavy atom. The molecule has 0 radical (unpaired) electrons. The Morgan fingerprint density at radius 2 is 2.00 bits per heavy atom. The molecule has 1 atom stereocenters. The van der Waals surface area contributed by atoms with Crippen LogP contribution in [0.4, 0.5) is 0 Å². The topological polar surface area (TPSA) is 72.5 Å². The van der Waals surface area contributed by atoms with E-state index in [1.807, 2.05) is 25.3 Å². The van der Waals surface area contributed by atoms with Crippen LogP contribution in [-0.4, -0.2) is 19.7 Å². The summed E-state index contributed by atoms with van der Waals surface area (Å²) in [6.07, 6.45) is 2.78. The van der Waals surface area contributed by atoms with Gasteiger partial charge in [0, 0.05) is 23.1 Å². The third kappa shape index (κ3) is 2.45. The molecule has 0 fully saturated rings. The highest BCUT2D eigenvalue weighted by Crippen LogP contribution is 2.24. The minimum absolute atomic E-state index is 0.159. The van der Waals surface area contributed by atoms with Crippen LogP contribution in [0.15, 0.2) is 30.5 Å². The highest BCUT2D eigenvalue weighted by Gasteiger charge is 2.19. The number of nitrogens with one attached hydrogen (secondary N) is 1. The van der Waals surface area contributed by atoms with E-state index < -0.39 is 0 Å². The van der Waals surface area contributed by atoms with E-state index in [1.165, 1.54) is 10.9 Å². The molecule has 2 aromatic heterocycles. The van der Waals surface area contributed by atoms with Gasteiger partial charge in [-0.1, -0.05) is 18.2 Å². The number of aromatic nitrogens is 4. The maximum Gasteiger partial charge on any atom is 0.150 e. The molecule has 0 bridgehead atoms. The first-order valence-corrected chi connectivity index (χ1v) is 7.30. The Hall–Kier alpha value is -2.14. The second-order valence-corrected chi connectivity index (χ2v) is 5.74. The maximum absolute atomic E-state index is 6.39. The first kappa shape index (κ1) is 13.8. The lowest BCUT2D eigenvalue weighted by atomic mass is 10.0. The summed E-state index contributed by atoms with van der Waals surface area (Å²) in [4.78, 5) is 3.29. The van der Waals surface area contributed by atoms with Crippen LogP contribution in [0.3, 0.4) is 0 Å². The van der Waals surface area contributed by atoms with Gasteiger partial charge >= 0.3 is 0 Å². The molecular weight excluding hydrogens is 262 g/mol. The largest absolute Gasteiger partial charge is 0.361 e. The Balaban J connectivity index is 1.92. The zero-order valence-corrected chi connectivity index (χ0v) is 12.7. The van der Waals surface area contributed by atoms with E-state index in [0.717, 1.165) is 23.6 Å². The molecule has 0 saturated carbocycles. The van der Waals surface area contributed by atoms with Crippen LogP contribution in [0.1, 0.15) is 43.1 Å². The second-order valence-electron chi connectivity index (χ2n) is 5.74. The summed E-state index contributed by atoms with van der Waals surface area (Å²) < 4.78 is 2.11. The van der Waals surface area contributed by atoms with Crippen LogP contribution in [0, 0.1) is 6.92 Å². The van der Waals surface area contributed by atoms with Crippen LogP contribution in [0.2, 0.25) is 0 Å². The fourth-order valence-corrected chi connectivity index (χ4v) is 2.91. The van der Waals surface area contributed by atoms with Gasteiger partial charge in [0.1, 0.15) is 5.82 Å². The number of hydrogen-bond donors (Lipinski definition) is 2. The third-order valence-corrected chi connectivity index (χ3v) is 3.86. The number of fused-ring (bicyclic) bond motifs is 1. The van der Waals surface area contributed by atoms with Gasteiger partial charge in [0.25, 0.3) is 0 Å². The minimum atomic E-state index is -0.159. The van der Waals surface area contributed by atoms with Gasteiger partial charge in [0.15, 0.2) is 5.82 Å². The molecule has 0 amide bonds. The zero-order valence-electron chi connectivity index (χ0n) is 12.7. The molecule has 3 rings (SSSR count). The molecule has 110 valence electrons. The lowest BCUT2D eigenvalue weighted by Gasteiger charge is -2.16. The maximum atomic E-state index is 6.39. The van der Waals surface area contributed by atoms with Crippen molar-refractivity contribution in [2.45, 2.75) is 39.3 Å². The summed E-state index contributed by atoms with van der Waals surface area (Å²) in [6, 6.07) is 8.42. The van der Waals surface area contributed by atoms with Crippen molar-refractivity contribution in [2.75, 3.05) is 0 Å². The molecule has 21 heavy (non-hydrogen) atoms. The molecule has 3 N–H and O–H groups in total. The molecule has 0 aliphatic rings. The highest BCUT2D eigenvalue weighted by molar-refractivity contribution is 5.83. The van der Waals surface area contributed by atoms with Crippen molar-refractivity contribution in [2.24, 2.45) is 5.73 Å². The normalized spacial score (nSPS) is 13.2. The Bertz CT molecular complexity index is 753. The fraction of sp³-hybridized carbons (Fsp3) is 0.375. The van der Waals surface area contributed by atoms with Gasteiger partial charge in [-0.15, -0.1) is 10.2 Å². The number of aromatic amines is 1. The lowest BCUT2D eigenvalue weighted by molar-refractivity contribution is 0.519. The predicted molar refractivity (Wildman–Crippen MR) is 84.1 cm³/mol. The molecule has 0 aliphatic carbocycles. The van der Waals surface area contributed by atoms with Crippen molar-refractivity contribution >= 4 is 10.9 Å². The standard InChI is InChI=1S/C16H21N5/c1-10(2)21-11(3)19-20-16(21)14(17)8-12-9-18-15-7-5-4-6-13(12)15/h4-7,9-10,14,18H,8,17H2,1-3H3/t14-/m0/s1. The summed E-state index contributed by atoms with van der Waals surface area (Å²) in [7, 11) is 0. The van der Waals surface area contributed by atoms with Gasteiger partial charge in [-0.05, 0) is 38.8 Å². The number of aryl methyl sites for hydroxylation is 1. The van der Waals surface area contributed by atoms with E-state index in [0.29, 0.717) is 6.04 Å². The number of nitrogens with zero attached hydrogens (tertiary/aromatic N) is 3. The van der Waals surface area contributed by atoms with Gasteiger partial charge in [-0.25, -0.2) is 0 Å². The van der Waals surface area contributed by atoms with Crippen molar-refractivity contribution in [3.05, 3.63) is 47.7 Å². The molecule has 5 nitrogen and oxygen atoms in total. The summed E-state index contributed by atoms with van der Waals surface area (Å²) in [5.74, 6) is 1.77. The molecule has 2 heterocycles. The Morgan fingerprint density at radius 1 is 1.24 bits per heavy atom. The minimum Gasteiger partial charge on any atom is -0.361 e. The summed E-state index contributed by atoms with van der Waals surface area (Å²) in [6.45, 7) is 6.21. The smallest absolute Gasteiger partial charge is 0.150 e. The van der Waals surface area contributed by atoms with Gasteiger partial charge in [0.05, 0.1) is 6.04 Å². The van der Waals surface area contributed by atoms with E-state index in [2.05, 4.69) is 45.7 Å². The number of rotatable bonds is 4. The van der Waals surface area contributed by atoms with Crippen LogP contribution < -0.4 is 5.73 Å². The monoisotopic (exact) mass is 283 g/mol. The van der Waals surface area contributed by atoms with Crippen molar-refractivity contribution in [1.82, 2.24) is 19.7 Å². The third-order valence-electron chi connectivity index (χ3n) is 3.86. The van der Waals surface area contributed by atoms with Crippen molar-refractivity contribution in [1.29, 1.82) is 0 Å². The molecule has 0 aliphatic heterocycles. The number of hydrogen-bond acceptors (Lipinski definition) is 3. The van der Waals surface area contributed by atoms with E-state index in [-0.39, 0.29) is 6.04 Å². The Kier molecular flexibility index (Phi) is 3.51. The molecular formula is C16H21N5. The number of benzene rings is 1. The average molecular weight is 283 g/mol. The molecule has 0 spiro atoms. The molecule has 5 heteroatoms. The van der Waals surface area contributed by atoms with Gasteiger partial charge in [0.2, 0.25) is 0 Å². The fourth-order valence-electron chi connectivity index (χ4n) is 2.91. The molecule has 0 saturated heterocycles. The van der Waals surface area contributed by atoms with E-state index >= 15 is 0 Å². The second kappa shape index (κ2) is 5.33. The van der Waals surface area contributed by atoms with Crippen LogP contribution in [0.25, 0.3) is 10.9 Å². The summed E-state index contributed by atoms with van der Waals surface area (Å²) in [5, 5.41) is 9.67. The van der Waals surface area contributed by atoms with Gasteiger partial charge in [-0.3, -0.25) is 0 Å². The lowest BCUT2D eigenvalue weighted by Crippen LogP contribution is -2.20. The van der Waals surface area contributed by atoms with Gasteiger partial charge in [-0.2, -0.15) is 0 Å². The highest BCUT2D eigenvalue weighted by atomic mass is 15.3. The van der Waals surface area contributed by atoms with Crippen LogP contribution in [-0.2, 0) is 6.42 Å². The zero-order chi connectivity index (χ0) is 15.0. The summed E-state index contributed by atoms with van der Waals surface area (Å²) >= 11 is 0. The number of H-pyrrole nitrogens is 1. The van der Waals surface area contributed by atoms with Crippen molar-refractivity contribution < 1.29 is 0 Å². The predicted octanol–water partition coefficient (Wildman–Crippen LogP) is 2.89. The molecule has 0 unspecified atom stereocenters. The summed E-state index contributed by atoms with van der Waals surface area (Å²) in [5.41, 5.74) is 8.75. The van der Waals surface area contributed by atoms with E-state index in [4.69, 9.17) is 5.73 Å². The SMILES string of the molecule is Cc1nnc([C@@H](N)Cc2c[nH]c3ccccc23)n1C(C)C. The quantitative estimate of drug-likeness (QED) is 0.773. The first-order valence-electron chi connectivity index (χ1n) is 7.30. The average Bonchev–Trinajstić information content (AvgIpc) is 3.03.